The van der Waals surface area contributed by atoms with E-state index in [4.69, 9.17) is 10.5 Å². The minimum Gasteiger partial charge on any atom is -0.460 e. The highest BCUT2D eigenvalue weighted by Gasteiger charge is 2.56. The fourth-order valence-electron chi connectivity index (χ4n) is 2.95. The van der Waals surface area contributed by atoms with Gasteiger partial charge in [-0.25, -0.2) is 0 Å². The standard InChI is InChI=1S/C16H20N2O3S2/c1-22-9-16(8-18-13(19)12(17)14(18)23-10-16)15(20)21-7-11-5-3-2-4-6-11/h2-6,12,14H,7-10,17H2,1H3/t12?,14-,16?/m1/s1. The number of hydrogen-bond acceptors (Lipinski definition) is 6. The monoisotopic (exact) mass is 352 g/mol. The number of ether oxygens (including phenoxy) is 1. The van der Waals surface area contributed by atoms with Gasteiger partial charge in [-0.05, 0) is 11.8 Å². The average Bonchev–Trinajstić information content (AvgIpc) is 2.60. The van der Waals surface area contributed by atoms with E-state index >= 15 is 0 Å². The molecule has 2 aliphatic heterocycles. The van der Waals surface area contributed by atoms with Crippen molar-refractivity contribution in [1.29, 1.82) is 0 Å². The van der Waals surface area contributed by atoms with Gasteiger partial charge in [0.15, 0.2) is 0 Å². The Bertz CT molecular complexity index is 598. The van der Waals surface area contributed by atoms with Gasteiger partial charge in [0.05, 0.1) is 0 Å². The Morgan fingerprint density at radius 1 is 1.48 bits per heavy atom. The molecule has 1 aromatic carbocycles. The molecule has 2 fully saturated rings. The molecule has 0 radical (unpaired) electrons. The van der Waals surface area contributed by atoms with Crippen LogP contribution >= 0.6 is 23.5 Å². The molecule has 2 unspecified atom stereocenters. The van der Waals surface area contributed by atoms with Gasteiger partial charge in [-0.15, -0.1) is 11.8 Å². The number of hydrogen-bond donors (Lipinski definition) is 1. The Hall–Kier alpha value is -1.18. The van der Waals surface area contributed by atoms with Crippen molar-refractivity contribution in [1.82, 2.24) is 4.90 Å². The lowest BCUT2D eigenvalue weighted by atomic mass is 9.89. The summed E-state index contributed by atoms with van der Waals surface area (Å²) < 4.78 is 5.56. The minimum absolute atomic E-state index is 0.0133. The molecule has 2 N–H and O–H groups in total. The SMILES string of the molecule is CSCC1(C(=O)OCc2ccccc2)CS[C@@H]2C(N)C(=O)N2C1. The van der Waals surface area contributed by atoms with E-state index in [2.05, 4.69) is 0 Å². The van der Waals surface area contributed by atoms with E-state index in [1.165, 1.54) is 0 Å². The van der Waals surface area contributed by atoms with Crippen LogP contribution in [-0.2, 0) is 20.9 Å². The molecule has 3 rings (SSSR count). The first kappa shape index (κ1) is 16.7. The van der Waals surface area contributed by atoms with Crippen molar-refractivity contribution >= 4 is 35.4 Å². The lowest BCUT2D eigenvalue weighted by Gasteiger charge is -2.53. The van der Waals surface area contributed by atoms with Crippen LogP contribution in [0.5, 0.6) is 0 Å². The Morgan fingerprint density at radius 2 is 2.22 bits per heavy atom. The van der Waals surface area contributed by atoms with E-state index in [-0.39, 0.29) is 23.9 Å². The molecule has 3 atom stereocenters. The molecule has 2 aliphatic rings. The number of thioether (sulfide) groups is 2. The Labute approximate surface area is 144 Å². The van der Waals surface area contributed by atoms with Gasteiger partial charge in [-0.1, -0.05) is 30.3 Å². The highest BCUT2D eigenvalue weighted by atomic mass is 32.2. The highest BCUT2D eigenvalue weighted by molar-refractivity contribution is 8.00. The van der Waals surface area contributed by atoms with Crippen LogP contribution in [0.15, 0.2) is 30.3 Å². The summed E-state index contributed by atoms with van der Waals surface area (Å²) in [6.07, 6.45) is 1.96. The number of rotatable bonds is 5. The number of benzene rings is 1. The fourth-order valence-corrected chi connectivity index (χ4v) is 5.43. The highest BCUT2D eigenvalue weighted by Crippen LogP contribution is 2.43. The second kappa shape index (κ2) is 6.75. The Kier molecular flexibility index (Phi) is 4.89. The molecule has 23 heavy (non-hydrogen) atoms. The summed E-state index contributed by atoms with van der Waals surface area (Å²) in [5.74, 6) is 0.988. The predicted molar refractivity (Wildman–Crippen MR) is 93.0 cm³/mol. The summed E-state index contributed by atoms with van der Waals surface area (Å²) in [4.78, 5) is 26.4. The first-order valence-corrected chi connectivity index (χ1v) is 9.89. The van der Waals surface area contributed by atoms with E-state index in [1.807, 2.05) is 36.6 Å². The summed E-state index contributed by atoms with van der Waals surface area (Å²) in [6.45, 7) is 0.670. The van der Waals surface area contributed by atoms with Crippen LogP contribution in [0.4, 0.5) is 0 Å². The maximum atomic E-state index is 12.7. The van der Waals surface area contributed by atoms with E-state index in [1.54, 1.807) is 28.4 Å². The molecule has 124 valence electrons. The number of carbonyl (C=O) groups excluding carboxylic acids is 2. The summed E-state index contributed by atoms with van der Waals surface area (Å²) in [5, 5.41) is 0.0133. The van der Waals surface area contributed by atoms with E-state index < -0.39 is 11.5 Å². The van der Waals surface area contributed by atoms with Crippen LogP contribution in [0.2, 0.25) is 0 Å². The summed E-state index contributed by atoms with van der Waals surface area (Å²) in [7, 11) is 0. The van der Waals surface area contributed by atoms with Gasteiger partial charge in [0, 0.05) is 18.1 Å². The van der Waals surface area contributed by atoms with Gasteiger partial charge in [0.25, 0.3) is 0 Å². The zero-order chi connectivity index (χ0) is 16.4. The van der Waals surface area contributed by atoms with Gasteiger partial charge >= 0.3 is 5.97 Å². The van der Waals surface area contributed by atoms with Gasteiger partial charge in [0.1, 0.15) is 23.4 Å². The molecular weight excluding hydrogens is 332 g/mol. The van der Waals surface area contributed by atoms with Crippen molar-refractivity contribution in [3.8, 4) is 0 Å². The molecule has 1 aromatic rings. The van der Waals surface area contributed by atoms with Crippen molar-refractivity contribution in [3.63, 3.8) is 0 Å². The van der Waals surface area contributed by atoms with Crippen LogP contribution in [0.1, 0.15) is 5.56 Å². The van der Waals surface area contributed by atoms with Crippen LogP contribution in [0.3, 0.4) is 0 Å². The molecule has 5 nitrogen and oxygen atoms in total. The van der Waals surface area contributed by atoms with Crippen LogP contribution in [-0.4, -0.2) is 52.5 Å². The number of esters is 1. The fraction of sp³-hybridized carbons (Fsp3) is 0.500. The summed E-state index contributed by atoms with van der Waals surface area (Å²) >= 11 is 3.19. The smallest absolute Gasteiger partial charge is 0.315 e. The molecule has 0 aromatic heterocycles. The molecular formula is C16H20N2O3S2. The normalized spacial score (nSPS) is 29.7. The topological polar surface area (TPSA) is 72.6 Å². The van der Waals surface area contributed by atoms with Gasteiger partial charge in [-0.2, -0.15) is 11.8 Å². The first-order chi connectivity index (χ1) is 11.1. The van der Waals surface area contributed by atoms with E-state index in [0.717, 1.165) is 5.56 Å². The number of β-lactam (4-membered cyclic amide) rings is 1. The summed E-state index contributed by atoms with van der Waals surface area (Å²) in [5.41, 5.74) is 6.13. The largest absolute Gasteiger partial charge is 0.460 e. The second-order valence-corrected chi connectivity index (χ2v) is 7.94. The van der Waals surface area contributed by atoms with E-state index in [0.29, 0.717) is 18.1 Å². The molecule has 0 spiro atoms. The van der Waals surface area contributed by atoms with Crippen molar-refractivity contribution in [3.05, 3.63) is 35.9 Å². The first-order valence-electron chi connectivity index (χ1n) is 7.45. The van der Waals surface area contributed by atoms with Crippen molar-refractivity contribution < 1.29 is 14.3 Å². The van der Waals surface area contributed by atoms with Gasteiger partial charge in [0.2, 0.25) is 5.91 Å². The number of carbonyl (C=O) groups is 2. The van der Waals surface area contributed by atoms with Crippen LogP contribution in [0, 0.1) is 5.41 Å². The Balaban J connectivity index is 1.68. The quantitative estimate of drug-likeness (QED) is 0.636. The zero-order valence-corrected chi connectivity index (χ0v) is 14.6. The zero-order valence-electron chi connectivity index (χ0n) is 12.9. The predicted octanol–water partition coefficient (Wildman–Crippen LogP) is 1.32. The minimum atomic E-state index is -0.648. The van der Waals surface area contributed by atoms with Crippen LogP contribution < -0.4 is 5.73 Å². The molecule has 1 amide bonds. The van der Waals surface area contributed by atoms with Crippen LogP contribution in [0.25, 0.3) is 0 Å². The third kappa shape index (κ3) is 3.09. The van der Waals surface area contributed by atoms with E-state index in [9.17, 15) is 9.59 Å². The lowest BCUT2D eigenvalue weighted by Crippen LogP contribution is -2.72. The van der Waals surface area contributed by atoms with Crippen molar-refractivity contribution in [2.75, 3.05) is 24.3 Å². The van der Waals surface area contributed by atoms with Crippen molar-refractivity contribution in [2.24, 2.45) is 11.1 Å². The molecule has 0 bridgehead atoms. The average molecular weight is 352 g/mol. The number of nitrogens with zero attached hydrogens (tertiary/aromatic N) is 1. The maximum absolute atomic E-state index is 12.7. The van der Waals surface area contributed by atoms with Gasteiger partial charge < -0.3 is 15.4 Å². The Morgan fingerprint density at radius 3 is 2.91 bits per heavy atom. The third-order valence-corrected chi connectivity index (χ3v) is 6.70. The molecule has 2 heterocycles. The molecule has 2 saturated heterocycles. The van der Waals surface area contributed by atoms with Gasteiger partial charge in [-0.3, -0.25) is 9.59 Å². The molecule has 7 heteroatoms. The second-order valence-electron chi connectivity index (χ2n) is 5.97. The molecule has 0 aliphatic carbocycles. The maximum Gasteiger partial charge on any atom is 0.315 e. The molecule has 0 saturated carbocycles. The third-order valence-electron chi connectivity index (χ3n) is 4.25. The van der Waals surface area contributed by atoms with Crippen molar-refractivity contribution in [2.45, 2.75) is 18.0 Å². The lowest BCUT2D eigenvalue weighted by molar-refractivity contribution is -0.160. The number of amides is 1. The summed E-state index contributed by atoms with van der Waals surface area (Å²) in [6, 6.07) is 9.20. The number of nitrogens with two attached hydrogens (primary N) is 1. The number of fused-ring (bicyclic) bond motifs is 1.